The van der Waals surface area contributed by atoms with Gasteiger partial charge < -0.3 is 10.6 Å². The molecule has 0 aliphatic carbocycles. The second kappa shape index (κ2) is 6.45. The molecule has 0 radical (unpaired) electrons. The maximum atomic E-state index is 11.7. The van der Waals surface area contributed by atoms with Crippen molar-refractivity contribution < 1.29 is 4.79 Å². The van der Waals surface area contributed by atoms with Crippen LogP contribution in [0, 0.1) is 5.41 Å². The molecule has 4 heteroatoms. The highest BCUT2D eigenvalue weighted by Crippen LogP contribution is 2.18. The summed E-state index contributed by atoms with van der Waals surface area (Å²) < 4.78 is 0. The molecule has 0 saturated carbocycles. The minimum atomic E-state index is 0. The molecular formula is C12H25ClN2O. The molecule has 1 aliphatic rings. The second-order valence-electron chi connectivity index (χ2n) is 5.80. The summed E-state index contributed by atoms with van der Waals surface area (Å²) in [6, 6.07) is 0.719. The van der Waals surface area contributed by atoms with E-state index in [-0.39, 0.29) is 23.7 Å². The Labute approximate surface area is 105 Å². The van der Waals surface area contributed by atoms with Gasteiger partial charge in [0.15, 0.2) is 0 Å². The predicted molar refractivity (Wildman–Crippen MR) is 69.9 cm³/mol. The van der Waals surface area contributed by atoms with Gasteiger partial charge in [-0.15, -0.1) is 12.4 Å². The van der Waals surface area contributed by atoms with E-state index in [9.17, 15) is 4.79 Å². The van der Waals surface area contributed by atoms with E-state index in [1.807, 2.05) is 0 Å². The van der Waals surface area contributed by atoms with Gasteiger partial charge in [0.25, 0.3) is 0 Å². The number of carbonyl (C=O) groups is 1. The molecule has 3 nitrogen and oxygen atoms in total. The van der Waals surface area contributed by atoms with Crippen LogP contribution in [0.25, 0.3) is 0 Å². The second-order valence-corrected chi connectivity index (χ2v) is 5.80. The number of carbonyl (C=O) groups excluding carboxylic acids is 1. The third kappa shape index (κ3) is 5.71. The molecule has 0 aromatic heterocycles. The van der Waals surface area contributed by atoms with Gasteiger partial charge in [0, 0.05) is 18.5 Å². The summed E-state index contributed by atoms with van der Waals surface area (Å²) in [5.74, 6) is 0.183. The molecule has 1 heterocycles. The van der Waals surface area contributed by atoms with Gasteiger partial charge in [0.05, 0.1) is 0 Å². The molecular weight excluding hydrogens is 224 g/mol. The summed E-state index contributed by atoms with van der Waals surface area (Å²) in [5, 5.41) is 6.51. The van der Waals surface area contributed by atoms with Crippen LogP contribution in [0.2, 0.25) is 0 Å². The maximum Gasteiger partial charge on any atom is 0.220 e. The smallest absolute Gasteiger partial charge is 0.220 e. The van der Waals surface area contributed by atoms with Crippen molar-refractivity contribution in [3.8, 4) is 0 Å². The van der Waals surface area contributed by atoms with Crippen molar-refractivity contribution in [3.63, 3.8) is 0 Å². The Morgan fingerprint density at radius 1 is 1.44 bits per heavy atom. The Balaban J connectivity index is 0.00000225. The molecule has 1 aliphatic heterocycles. The highest BCUT2D eigenvalue weighted by Gasteiger charge is 2.24. The topological polar surface area (TPSA) is 41.1 Å². The van der Waals surface area contributed by atoms with E-state index in [0.717, 1.165) is 19.4 Å². The summed E-state index contributed by atoms with van der Waals surface area (Å²) in [4.78, 5) is 11.7. The standard InChI is InChI=1S/C12H24N2O.ClH/c1-9-10(6-5-7-13-9)14-11(15)8-12(2,3)4;/h9-10,13H,5-8H2,1-4H3,(H,14,15);1H. The Kier molecular flexibility index (Phi) is 6.34. The van der Waals surface area contributed by atoms with Gasteiger partial charge in [0.2, 0.25) is 5.91 Å². The molecule has 1 fully saturated rings. The van der Waals surface area contributed by atoms with E-state index >= 15 is 0 Å². The number of hydrogen-bond donors (Lipinski definition) is 2. The normalized spacial score (nSPS) is 25.8. The first-order chi connectivity index (χ1) is 6.88. The molecule has 1 rings (SSSR count). The molecule has 0 bridgehead atoms. The van der Waals surface area contributed by atoms with Crippen LogP contribution in [0.15, 0.2) is 0 Å². The fourth-order valence-corrected chi connectivity index (χ4v) is 1.98. The quantitative estimate of drug-likeness (QED) is 0.786. The third-order valence-corrected chi connectivity index (χ3v) is 2.80. The fourth-order valence-electron chi connectivity index (χ4n) is 1.98. The summed E-state index contributed by atoms with van der Waals surface area (Å²) in [6.07, 6.45) is 2.87. The number of halogens is 1. The summed E-state index contributed by atoms with van der Waals surface area (Å²) >= 11 is 0. The zero-order chi connectivity index (χ0) is 11.5. The first-order valence-corrected chi connectivity index (χ1v) is 5.91. The molecule has 1 amide bonds. The van der Waals surface area contributed by atoms with Gasteiger partial charge in [0.1, 0.15) is 0 Å². The van der Waals surface area contributed by atoms with Crippen molar-refractivity contribution in [1.29, 1.82) is 0 Å². The molecule has 0 aromatic carbocycles. The van der Waals surface area contributed by atoms with Gasteiger partial charge in [-0.3, -0.25) is 4.79 Å². The van der Waals surface area contributed by atoms with Crippen LogP contribution in [0.1, 0.15) is 47.0 Å². The highest BCUT2D eigenvalue weighted by molar-refractivity contribution is 5.85. The van der Waals surface area contributed by atoms with E-state index < -0.39 is 0 Å². The van der Waals surface area contributed by atoms with Crippen molar-refractivity contribution >= 4 is 18.3 Å². The monoisotopic (exact) mass is 248 g/mol. The SMILES string of the molecule is CC1NCCCC1NC(=O)CC(C)(C)C.Cl. The van der Waals surface area contributed by atoms with Crippen LogP contribution in [0.4, 0.5) is 0 Å². The van der Waals surface area contributed by atoms with Gasteiger partial charge in [-0.25, -0.2) is 0 Å². The van der Waals surface area contributed by atoms with Crippen molar-refractivity contribution in [2.24, 2.45) is 5.41 Å². The highest BCUT2D eigenvalue weighted by atomic mass is 35.5. The van der Waals surface area contributed by atoms with Gasteiger partial charge in [-0.05, 0) is 31.7 Å². The molecule has 16 heavy (non-hydrogen) atoms. The van der Waals surface area contributed by atoms with E-state index in [1.165, 1.54) is 0 Å². The summed E-state index contributed by atoms with van der Waals surface area (Å²) in [6.45, 7) is 9.49. The molecule has 2 N–H and O–H groups in total. The number of rotatable bonds is 2. The van der Waals surface area contributed by atoms with Crippen LogP contribution in [-0.4, -0.2) is 24.5 Å². The average molecular weight is 249 g/mol. The third-order valence-electron chi connectivity index (χ3n) is 2.80. The van der Waals surface area contributed by atoms with E-state index in [0.29, 0.717) is 18.5 Å². The van der Waals surface area contributed by atoms with Crippen molar-refractivity contribution in [3.05, 3.63) is 0 Å². The fraction of sp³-hybridized carbons (Fsp3) is 0.917. The summed E-state index contributed by atoms with van der Waals surface area (Å²) in [5.41, 5.74) is 0.0788. The van der Waals surface area contributed by atoms with Crippen LogP contribution in [0.3, 0.4) is 0 Å². The number of amides is 1. The van der Waals surface area contributed by atoms with Crippen LogP contribution >= 0.6 is 12.4 Å². The minimum absolute atomic E-state index is 0. The lowest BCUT2D eigenvalue weighted by atomic mass is 9.91. The van der Waals surface area contributed by atoms with E-state index in [4.69, 9.17) is 0 Å². The Bertz CT molecular complexity index is 226. The lowest BCUT2D eigenvalue weighted by molar-refractivity contribution is -0.123. The molecule has 0 aromatic rings. The molecule has 2 atom stereocenters. The molecule has 1 saturated heterocycles. The maximum absolute atomic E-state index is 11.7. The lowest BCUT2D eigenvalue weighted by Crippen LogP contribution is -2.52. The number of nitrogens with one attached hydrogen (secondary N) is 2. The van der Waals surface area contributed by atoms with E-state index in [1.54, 1.807) is 0 Å². The first-order valence-electron chi connectivity index (χ1n) is 5.91. The zero-order valence-electron chi connectivity index (χ0n) is 10.8. The van der Waals surface area contributed by atoms with Gasteiger partial charge in [-0.1, -0.05) is 20.8 Å². The summed E-state index contributed by atoms with van der Waals surface area (Å²) in [7, 11) is 0. The lowest BCUT2D eigenvalue weighted by Gasteiger charge is -2.31. The van der Waals surface area contributed by atoms with Crippen LogP contribution < -0.4 is 10.6 Å². The van der Waals surface area contributed by atoms with Crippen LogP contribution in [-0.2, 0) is 4.79 Å². The molecule has 0 spiro atoms. The van der Waals surface area contributed by atoms with Crippen molar-refractivity contribution in [2.75, 3.05) is 6.54 Å². The average Bonchev–Trinajstić information content (AvgIpc) is 2.05. The predicted octanol–water partition coefficient (Wildman–Crippen LogP) is 2.10. The van der Waals surface area contributed by atoms with Gasteiger partial charge in [-0.2, -0.15) is 0 Å². The number of hydrogen-bond acceptors (Lipinski definition) is 2. The Morgan fingerprint density at radius 2 is 2.06 bits per heavy atom. The molecule has 2 unspecified atom stereocenters. The molecule has 96 valence electrons. The number of piperidine rings is 1. The minimum Gasteiger partial charge on any atom is -0.352 e. The van der Waals surface area contributed by atoms with Gasteiger partial charge >= 0.3 is 0 Å². The Morgan fingerprint density at radius 3 is 2.56 bits per heavy atom. The van der Waals surface area contributed by atoms with E-state index in [2.05, 4.69) is 38.3 Å². The Hall–Kier alpha value is -0.280. The van der Waals surface area contributed by atoms with Crippen molar-refractivity contribution in [2.45, 2.75) is 59.0 Å². The first kappa shape index (κ1) is 15.7. The van der Waals surface area contributed by atoms with Crippen molar-refractivity contribution in [1.82, 2.24) is 10.6 Å². The zero-order valence-corrected chi connectivity index (χ0v) is 11.6. The largest absolute Gasteiger partial charge is 0.352 e. The van der Waals surface area contributed by atoms with Crippen LogP contribution in [0.5, 0.6) is 0 Å².